The van der Waals surface area contributed by atoms with Crippen molar-refractivity contribution < 1.29 is 4.79 Å². The lowest BCUT2D eigenvalue weighted by Gasteiger charge is -2.28. The van der Waals surface area contributed by atoms with Gasteiger partial charge in [-0.05, 0) is 31.5 Å². The maximum Gasteiger partial charge on any atom is 0.226 e. The van der Waals surface area contributed by atoms with Crippen molar-refractivity contribution in [1.29, 1.82) is 0 Å². The van der Waals surface area contributed by atoms with Gasteiger partial charge in [-0.15, -0.1) is 0 Å². The highest BCUT2D eigenvalue weighted by Gasteiger charge is 2.31. The average Bonchev–Trinajstić information content (AvgIpc) is 2.85. The number of hydrogen-bond acceptors (Lipinski definition) is 4. The van der Waals surface area contributed by atoms with E-state index in [2.05, 4.69) is 31.3 Å². The molecule has 0 fully saturated rings. The van der Waals surface area contributed by atoms with E-state index in [4.69, 9.17) is 0 Å². The molecule has 0 bridgehead atoms. The molecule has 5 nitrogen and oxygen atoms in total. The molecule has 1 atom stereocenters. The van der Waals surface area contributed by atoms with E-state index in [9.17, 15) is 4.79 Å². The van der Waals surface area contributed by atoms with Gasteiger partial charge in [-0.3, -0.25) is 4.79 Å². The highest BCUT2D eigenvalue weighted by atomic mass is 79.9. The fourth-order valence-electron chi connectivity index (χ4n) is 2.50. The van der Waals surface area contributed by atoms with Gasteiger partial charge in [0.1, 0.15) is 12.4 Å². The lowest BCUT2D eigenvalue weighted by Crippen LogP contribution is -2.27. The molecule has 0 radical (unpaired) electrons. The van der Waals surface area contributed by atoms with Crippen LogP contribution in [0.25, 0.3) is 0 Å². The molecule has 0 spiro atoms. The molecular formula is C14H13BrN4O. The summed E-state index contributed by atoms with van der Waals surface area (Å²) in [5.41, 5.74) is 2.54. The minimum absolute atomic E-state index is 0.0315. The van der Waals surface area contributed by atoms with Gasteiger partial charge in [0.15, 0.2) is 5.78 Å². The van der Waals surface area contributed by atoms with Gasteiger partial charge >= 0.3 is 0 Å². The zero-order valence-electron chi connectivity index (χ0n) is 11.1. The van der Waals surface area contributed by atoms with Gasteiger partial charge in [0.25, 0.3) is 0 Å². The number of Topliss-reactive ketones (excluding diaryl/α,β-unsaturated/α-hetero) is 1. The van der Waals surface area contributed by atoms with Crippen LogP contribution in [0.5, 0.6) is 0 Å². The first-order chi connectivity index (χ1) is 9.58. The van der Waals surface area contributed by atoms with Crippen LogP contribution in [-0.2, 0) is 4.79 Å². The van der Waals surface area contributed by atoms with Crippen molar-refractivity contribution in [2.45, 2.75) is 19.9 Å². The number of nitrogens with zero attached hydrogens (tertiary/aromatic N) is 3. The highest BCUT2D eigenvalue weighted by Crippen LogP contribution is 2.35. The van der Waals surface area contributed by atoms with E-state index in [1.54, 1.807) is 11.6 Å². The van der Waals surface area contributed by atoms with Crippen molar-refractivity contribution >= 4 is 27.7 Å². The molecule has 1 aromatic carbocycles. The van der Waals surface area contributed by atoms with Gasteiger partial charge in [0.05, 0.1) is 0 Å². The Labute approximate surface area is 124 Å². The van der Waals surface area contributed by atoms with Crippen LogP contribution < -0.4 is 5.32 Å². The summed E-state index contributed by atoms with van der Waals surface area (Å²) in [5.74, 6) is 0.685. The number of benzene rings is 1. The summed E-state index contributed by atoms with van der Waals surface area (Å²) in [4.78, 5) is 16.2. The molecule has 1 aliphatic heterocycles. The second-order valence-corrected chi connectivity index (χ2v) is 5.62. The van der Waals surface area contributed by atoms with Gasteiger partial charge in [-0.1, -0.05) is 28.1 Å². The molecule has 3 rings (SSSR count). The smallest absolute Gasteiger partial charge is 0.226 e. The number of nitrogens with one attached hydrogen (secondary N) is 1. The lowest BCUT2D eigenvalue weighted by atomic mass is 9.93. The Morgan fingerprint density at radius 2 is 2.05 bits per heavy atom. The summed E-state index contributed by atoms with van der Waals surface area (Å²) in [6.45, 7) is 3.47. The van der Waals surface area contributed by atoms with E-state index in [0.29, 0.717) is 11.5 Å². The third kappa shape index (κ3) is 2.06. The minimum Gasteiger partial charge on any atom is -0.328 e. The van der Waals surface area contributed by atoms with E-state index in [1.165, 1.54) is 6.33 Å². The molecule has 0 unspecified atom stereocenters. The Bertz CT molecular complexity index is 702. The van der Waals surface area contributed by atoms with Crippen LogP contribution in [0, 0.1) is 0 Å². The first-order valence-corrected chi connectivity index (χ1v) is 7.01. The van der Waals surface area contributed by atoms with Crippen LogP contribution in [0.1, 0.15) is 25.5 Å². The standard InChI is InChI=1S/C14H13BrN4O/c1-8-12(9(2)20)13(10-3-5-11(15)6-4-10)19-14(18-8)16-7-17-19/h3-7,13H,1-2H3,(H,16,17,18)/t13-/m1/s1. The van der Waals surface area contributed by atoms with E-state index in [-0.39, 0.29) is 11.8 Å². The normalized spacial score (nSPS) is 17.6. The molecule has 0 saturated heterocycles. The predicted octanol–water partition coefficient (Wildman–Crippen LogP) is 2.92. The number of ketones is 1. The lowest BCUT2D eigenvalue weighted by molar-refractivity contribution is -0.114. The number of hydrogen-bond donors (Lipinski definition) is 1. The van der Waals surface area contributed by atoms with Crippen LogP contribution in [0.3, 0.4) is 0 Å². The van der Waals surface area contributed by atoms with Crippen LogP contribution in [0.2, 0.25) is 0 Å². The Balaban J connectivity index is 2.19. The van der Waals surface area contributed by atoms with Crippen LogP contribution in [0.4, 0.5) is 5.95 Å². The van der Waals surface area contributed by atoms with Crippen LogP contribution in [0.15, 0.2) is 46.3 Å². The molecule has 0 saturated carbocycles. The number of fused-ring (bicyclic) bond motifs is 1. The summed E-state index contributed by atoms with van der Waals surface area (Å²) < 4.78 is 2.74. The molecule has 6 heteroatoms. The molecule has 20 heavy (non-hydrogen) atoms. The number of rotatable bonds is 2. The third-order valence-electron chi connectivity index (χ3n) is 3.36. The Kier molecular flexibility index (Phi) is 3.17. The topological polar surface area (TPSA) is 59.8 Å². The van der Waals surface area contributed by atoms with Crippen LogP contribution >= 0.6 is 15.9 Å². The number of carbonyl (C=O) groups is 1. The third-order valence-corrected chi connectivity index (χ3v) is 3.89. The molecule has 1 aliphatic rings. The fraction of sp³-hybridized carbons (Fsp3) is 0.214. The number of carbonyl (C=O) groups excluding carboxylic acids is 1. The van der Waals surface area contributed by atoms with E-state index in [0.717, 1.165) is 15.7 Å². The molecule has 1 aromatic heterocycles. The summed E-state index contributed by atoms with van der Waals surface area (Å²) in [5, 5.41) is 7.37. The summed E-state index contributed by atoms with van der Waals surface area (Å²) in [6.07, 6.45) is 1.49. The summed E-state index contributed by atoms with van der Waals surface area (Å²) >= 11 is 3.42. The average molecular weight is 333 g/mol. The highest BCUT2D eigenvalue weighted by molar-refractivity contribution is 9.10. The van der Waals surface area contributed by atoms with Crippen molar-refractivity contribution in [1.82, 2.24) is 14.8 Å². The van der Waals surface area contributed by atoms with Gasteiger partial charge < -0.3 is 5.32 Å². The van der Waals surface area contributed by atoms with Gasteiger partial charge in [0.2, 0.25) is 5.95 Å². The zero-order chi connectivity index (χ0) is 14.3. The van der Waals surface area contributed by atoms with E-state index < -0.39 is 0 Å². The maximum absolute atomic E-state index is 12.0. The van der Waals surface area contributed by atoms with Gasteiger partial charge in [-0.25, -0.2) is 4.68 Å². The molecular weight excluding hydrogens is 320 g/mol. The van der Waals surface area contributed by atoms with Gasteiger partial charge in [-0.2, -0.15) is 10.1 Å². The molecule has 1 N–H and O–H groups in total. The predicted molar refractivity (Wildman–Crippen MR) is 79.3 cm³/mol. The Morgan fingerprint density at radius 3 is 2.70 bits per heavy atom. The summed E-state index contributed by atoms with van der Waals surface area (Å²) in [6, 6.07) is 7.66. The molecule has 2 heterocycles. The fourth-order valence-corrected chi connectivity index (χ4v) is 2.76. The number of anilines is 1. The minimum atomic E-state index is -0.237. The first-order valence-electron chi connectivity index (χ1n) is 6.21. The van der Waals surface area contributed by atoms with Crippen molar-refractivity contribution in [3.05, 3.63) is 51.9 Å². The van der Waals surface area contributed by atoms with Crippen molar-refractivity contribution in [2.75, 3.05) is 5.32 Å². The number of allylic oxidation sites excluding steroid dienone is 2. The SMILES string of the molecule is CC(=O)C1=C(C)Nc2ncnn2[C@@H]1c1ccc(Br)cc1. The number of aromatic nitrogens is 3. The van der Waals surface area contributed by atoms with E-state index in [1.807, 2.05) is 31.2 Å². The van der Waals surface area contributed by atoms with Gasteiger partial charge in [0, 0.05) is 15.7 Å². The zero-order valence-corrected chi connectivity index (χ0v) is 12.7. The Morgan fingerprint density at radius 1 is 1.35 bits per heavy atom. The quantitative estimate of drug-likeness (QED) is 0.918. The van der Waals surface area contributed by atoms with Crippen LogP contribution in [-0.4, -0.2) is 20.5 Å². The molecule has 0 aliphatic carbocycles. The van der Waals surface area contributed by atoms with Crippen molar-refractivity contribution in [2.24, 2.45) is 0 Å². The molecule has 102 valence electrons. The monoisotopic (exact) mass is 332 g/mol. The second-order valence-electron chi connectivity index (χ2n) is 4.70. The van der Waals surface area contributed by atoms with Crippen molar-refractivity contribution in [3.8, 4) is 0 Å². The maximum atomic E-state index is 12.0. The van der Waals surface area contributed by atoms with E-state index >= 15 is 0 Å². The Hall–Kier alpha value is -1.95. The summed E-state index contributed by atoms with van der Waals surface area (Å²) in [7, 11) is 0. The van der Waals surface area contributed by atoms with Crippen molar-refractivity contribution in [3.63, 3.8) is 0 Å². The second kappa shape index (κ2) is 4.86. The largest absolute Gasteiger partial charge is 0.328 e. The molecule has 2 aromatic rings. The number of halogens is 1. The first kappa shape index (κ1) is 13.1. The molecule has 0 amide bonds.